The Morgan fingerprint density at radius 1 is 1.21 bits per heavy atom. The Hall–Kier alpha value is -2.83. The molecule has 0 spiro atoms. The Balaban J connectivity index is 1.45. The fraction of sp³-hybridized carbons (Fsp3) is 0.484. The van der Waals surface area contributed by atoms with Gasteiger partial charge in [-0.2, -0.15) is 0 Å². The third kappa shape index (κ3) is 4.96. The number of amides is 1. The highest BCUT2D eigenvalue weighted by atomic mass is 35.5. The number of benzene rings is 2. The van der Waals surface area contributed by atoms with Gasteiger partial charge in [-0.05, 0) is 74.9 Å². The van der Waals surface area contributed by atoms with Crippen LogP contribution in [0.4, 0.5) is 0 Å². The fourth-order valence-electron chi connectivity index (χ4n) is 6.49. The Bertz CT molecular complexity index is 1380. The maximum absolute atomic E-state index is 13.9. The van der Waals surface area contributed by atoms with Crippen molar-refractivity contribution in [3.63, 3.8) is 0 Å². The number of rotatable bonds is 6. The van der Waals surface area contributed by atoms with E-state index in [2.05, 4.69) is 6.92 Å². The lowest BCUT2D eigenvalue weighted by molar-refractivity contribution is -0.161. The number of fused-ring (bicyclic) bond motifs is 2. The summed E-state index contributed by atoms with van der Waals surface area (Å²) in [5.74, 6) is 0.346. The standard InChI is InChI=1S/C31H36ClNO5/c1-4-7-22-18-27(34)38-29-19(2)26(14-13-24(22)29)37-20(3)30(35)33-17-16-31(36)15-6-5-8-25(31)28(33)21-9-11-23(32)12-10-21/h9-14,18,20,25,28,36H,4-8,15-17H2,1-3H3/t20-,25-,28-,31+/m0/s1. The summed E-state index contributed by atoms with van der Waals surface area (Å²) in [6.45, 7) is 6.15. The van der Waals surface area contributed by atoms with E-state index >= 15 is 0 Å². The molecule has 1 aromatic heterocycles. The molecule has 2 fully saturated rings. The third-order valence-corrected chi connectivity index (χ3v) is 8.68. The zero-order chi connectivity index (χ0) is 27.0. The van der Waals surface area contributed by atoms with Crippen LogP contribution in [0.1, 0.15) is 75.1 Å². The molecule has 1 saturated heterocycles. The Labute approximate surface area is 228 Å². The first-order valence-corrected chi connectivity index (χ1v) is 14.1. The number of carbonyl (C=O) groups is 1. The van der Waals surface area contributed by atoms with Crippen molar-refractivity contribution in [2.75, 3.05) is 6.54 Å². The zero-order valence-corrected chi connectivity index (χ0v) is 23.1. The smallest absolute Gasteiger partial charge is 0.336 e. The maximum Gasteiger partial charge on any atom is 0.336 e. The lowest BCUT2D eigenvalue weighted by Gasteiger charge is -2.53. The first-order valence-electron chi connectivity index (χ1n) is 13.7. The van der Waals surface area contributed by atoms with Gasteiger partial charge in [-0.25, -0.2) is 4.79 Å². The summed E-state index contributed by atoms with van der Waals surface area (Å²) in [7, 11) is 0. The Morgan fingerprint density at radius 2 is 1.97 bits per heavy atom. The molecule has 0 unspecified atom stereocenters. The van der Waals surface area contributed by atoms with Crippen molar-refractivity contribution in [2.24, 2.45) is 5.92 Å². The number of nitrogens with zero attached hydrogens (tertiary/aromatic N) is 1. The molecule has 2 heterocycles. The van der Waals surface area contributed by atoms with Gasteiger partial charge in [-0.1, -0.05) is 49.9 Å². The SMILES string of the molecule is CCCc1cc(=O)oc2c(C)c(O[C@@H](C)C(=O)N3CC[C@]4(O)CCCC[C@H]4[C@@H]3c3ccc(Cl)cc3)ccc12. The van der Waals surface area contributed by atoms with Gasteiger partial charge in [0.15, 0.2) is 6.10 Å². The maximum atomic E-state index is 13.9. The second-order valence-corrected chi connectivity index (χ2v) is 11.3. The van der Waals surface area contributed by atoms with Crippen LogP contribution < -0.4 is 10.4 Å². The second kappa shape index (κ2) is 10.7. The minimum atomic E-state index is -0.772. The van der Waals surface area contributed by atoms with E-state index in [1.165, 1.54) is 0 Å². The molecule has 6 nitrogen and oxygen atoms in total. The van der Waals surface area contributed by atoms with Gasteiger partial charge in [0, 0.05) is 34.5 Å². The molecule has 1 N–H and O–H groups in total. The van der Waals surface area contributed by atoms with Crippen LogP contribution in [0.5, 0.6) is 5.75 Å². The molecule has 2 aliphatic rings. The van der Waals surface area contributed by atoms with Crippen molar-refractivity contribution in [3.05, 3.63) is 74.6 Å². The number of aryl methyl sites for hydroxylation is 2. The lowest BCUT2D eigenvalue weighted by atomic mass is 9.66. The third-order valence-electron chi connectivity index (χ3n) is 8.43. The van der Waals surface area contributed by atoms with Crippen molar-refractivity contribution < 1.29 is 19.1 Å². The van der Waals surface area contributed by atoms with Gasteiger partial charge in [0.05, 0.1) is 11.6 Å². The van der Waals surface area contributed by atoms with Gasteiger partial charge < -0.3 is 19.2 Å². The van der Waals surface area contributed by atoms with E-state index in [4.69, 9.17) is 20.8 Å². The lowest BCUT2D eigenvalue weighted by Crippen LogP contribution is -2.58. The molecule has 7 heteroatoms. The highest BCUT2D eigenvalue weighted by Gasteiger charge is 2.50. The number of piperidine rings is 1. The van der Waals surface area contributed by atoms with Crippen molar-refractivity contribution in [1.82, 2.24) is 4.90 Å². The molecule has 38 heavy (non-hydrogen) atoms. The monoisotopic (exact) mass is 537 g/mol. The van der Waals surface area contributed by atoms with Crippen molar-refractivity contribution in [1.29, 1.82) is 0 Å². The van der Waals surface area contributed by atoms with E-state index in [1.807, 2.05) is 48.2 Å². The van der Waals surface area contributed by atoms with E-state index in [0.717, 1.165) is 55.0 Å². The van der Waals surface area contributed by atoms with Gasteiger partial charge in [-0.15, -0.1) is 0 Å². The molecule has 202 valence electrons. The number of halogens is 1. The molecule has 5 rings (SSSR count). The largest absolute Gasteiger partial charge is 0.480 e. The van der Waals surface area contributed by atoms with Crippen molar-refractivity contribution in [2.45, 2.75) is 83.5 Å². The molecule has 1 aliphatic heterocycles. The highest BCUT2D eigenvalue weighted by Crippen LogP contribution is 2.49. The highest BCUT2D eigenvalue weighted by molar-refractivity contribution is 6.30. The molecular formula is C31H36ClNO5. The van der Waals surface area contributed by atoms with Crippen LogP contribution in [0.25, 0.3) is 11.0 Å². The molecule has 3 aromatic rings. The summed E-state index contributed by atoms with van der Waals surface area (Å²) >= 11 is 6.17. The van der Waals surface area contributed by atoms with E-state index in [9.17, 15) is 14.7 Å². The molecule has 4 atom stereocenters. The van der Waals surface area contributed by atoms with Crippen LogP contribution in [0.2, 0.25) is 5.02 Å². The number of hydrogen-bond donors (Lipinski definition) is 1. The van der Waals surface area contributed by atoms with Crippen LogP contribution >= 0.6 is 11.6 Å². The summed E-state index contributed by atoms with van der Waals surface area (Å²) < 4.78 is 11.8. The Morgan fingerprint density at radius 3 is 2.71 bits per heavy atom. The summed E-state index contributed by atoms with van der Waals surface area (Å²) in [5.41, 5.74) is 1.98. The van der Waals surface area contributed by atoms with E-state index < -0.39 is 11.7 Å². The van der Waals surface area contributed by atoms with Gasteiger partial charge >= 0.3 is 5.63 Å². The normalized spacial score (nSPS) is 24.2. The average molecular weight is 538 g/mol. The van der Waals surface area contributed by atoms with Crippen LogP contribution in [-0.4, -0.2) is 34.2 Å². The van der Waals surface area contributed by atoms with Crippen LogP contribution in [0.3, 0.4) is 0 Å². The first-order chi connectivity index (χ1) is 18.2. The Kier molecular flexibility index (Phi) is 7.56. The molecular weight excluding hydrogens is 502 g/mol. The minimum Gasteiger partial charge on any atom is -0.480 e. The molecule has 1 aliphatic carbocycles. The summed E-state index contributed by atoms with van der Waals surface area (Å²) in [6.07, 6.45) is 5.16. The van der Waals surface area contributed by atoms with E-state index in [1.54, 1.807) is 13.0 Å². The van der Waals surface area contributed by atoms with Crippen LogP contribution in [0.15, 0.2) is 51.7 Å². The second-order valence-electron chi connectivity index (χ2n) is 10.9. The van der Waals surface area contributed by atoms with Crippen LogP contribution in [-0.2, 0) is 11.2 Å². The number of aliphatic hydroxyl groups is 1. The van der Waals surface area contributed by atoms with E-state index in [0.29, 0.717) is 34.9 Å². The number of likely N-dealkylation sites (tertiary alicyclic amines) is 1. The number of ether oxygens (including phenoxy) is 1. The minimum absolute atomic E-state index is 0.0454. The number of carbonyl (C=O) groups excluding carboxylic acids is 1. The van der Waals surface area contributed by atoms with Gasteiger partial charge in [0.2, 0.25) is 0 Å². The van der Waals surface area contributed by atoms with Crippen molar-refractivity contribution >= 4 is 28.5 Å². The molecule has 0 radical (unpaired) electrons. The zero-order valence-electron chi connectivity index (χ0n) is 22.3. The molecule has 1 saturated carbocycles. The molecule has 1 amide bonds. The topological polar surface area (TPSA) is 80.0 Å². The summed E-state index contributed by atoms with van der Waals surface area (Å²) in [4.78, 5) is 28.0. The number of hydrogen-bond acceptors (Lipinski definition) is 5. The summed E-state index contributed by atoms with van der Waals surface area (Å²) in [6, 6.07) is 12.7. The first kappa shape index (κ1) is 26.8. The molecule has 2 aromatic carbocycles. The van der Waals surface area contributed by atoms with Crippen molar-refractivity contribution in [3.8, 4) is 5.75 Å². The van der Waals surface area contributed by atoms with Gasteiger partial charge in [0.25, 0.3) is 5.91 Å². The van der Waals surface area contributed by atoms with Crippen LogP contribution in [0, 0.1) is 12.8 Å². The van der Waals surface area contributed by atoms with Gasteiger partial charge in [0.1, 0.15) is 11.3 Å². The average Bonchev–Trinajstić information content (AvgIpc) is 2.90. The summed E-state index contributed by atoms with van der Waals surface area (Å²) in [5, 5.41) is 13.1. The predicted octanol–water partition coefficient (Wildman–Crippen LogP) is 6.37. The van der Waals surface area contributed by atoms with Gasteiger partial charge in [-0.3, -0.25) is 4.79 Å². The predicted molar refractivity (Wildman–Crippen MR) is 149 cm³/mol. The molecule has 0 bridgehead atoms. The quantitative estimate of drug-likeness (QED) is 0.369. The van der Waals surface area contributed by atoms with E-state index in [-0.39, 0.29) is 23.5 Å². The fourth-order valence-corrected chi connectivity index (χ4v) is 6.61.